The van der Waals surface area contributed by atoms with Crippen LogP contribution in [0.25, 0.3) is 0 Å². The number of aromatic nitrogens is 2. The van der Waals surface area contributed by atoms with Gasteiger partial charge >= 0.3 is 11.9 Å². The van der Waals surface area contributed by atoms with Crippen molar-refractivity contribution in [2.24, 2.45) is 17.4 Å². The Morgan fingerprint density at radius 2 is 1.39 bits per heavy atom. The van der Waals surface area contributed by atoms with Crippen molar-refractivity contribution in [3.8, 4) is 0 Å². The Bertz CT molecular complexity index is 2210. The lowest BCUT2D eigenvalue weighted by Gasteiger charge is -2.31. The minimum absolute atomic E-state index is 0.0167. The normalized spacial score (nSPS) is 16.5. The second-order valence-electron chi connectivity index (χ2n) is 17.7. The Labute approximate surface area is 413 Å². The van der Waals surface area contributed by atoms with E-state index >= 15 is 0 Å². The molecule has 16 N–H and O–H groups in total. The summed E-state index contributed by atoms with van der Waals surface area (Å²) >= 11 is 0. The molecule has 1 aromatic carbocycles. The smallest absolute Gasteiger partial charge is 0.328 e. The Hall–Kier alpha value is -7.52. The first-order valence-corrected chi connectivity index (χ1v) is 23.2. The van der Waals surface area contributed by atoms with Crippen LogP contribution in [0.4, 0.5) is 0 Å². The van der Waals surface area contributed by atoms with E-state index in [1.54, 1.807) is 44.2 Å². The number of amides is 9. The third-order valence-electron chi connectivity index (χ3n) is 11.3. The second-order valence-corrected chi connectivity index (χ2v) is 17.7. The molecule has 396 valence electrons. The number of rotatable bonds is 30. The maximum Gasteiger partial charge on any atom is 0.328 e. The molecule has 1 saturated heterocycles. The summed E-state index contributed by atoms with van der Waals surface area (Å²) in [7, 11) is 0. The van der Waals surface area contributed by atoms with Crippen LogP contribution in [-0.2, 0) is 65.6 Å². The number of imidazole rings is 1. The lowest BCUT2D eigenvalue weighted by Crippen LogP contribution is -2.60. The second kappa shape index (κ2) is 29.0. The van der Waals surface area contributed by atoms with Crippen LogP contribution in [0, 0.1) is 5.92 Å². The Balaban J connectivity index is 1.73. The van der Waals surface area contributed by atoms with Crippen molar-refractivity contribution < 1.29 is 73.2 Å². The van der Waals surface area contributed by atoms with Gasteiger partial charge in [0, 0.05) is 44.1 Å². The zero-order valence-electron chi connectivity index (χ0n) is 40.1. The summed E-state index contributed by atoms with van der Waals surface area (Å²) in [5.41, 5.74) is 12.0. The average molecular weight is 1020 g/mol. The number of likely N-dealkylation sites (tertiary alicyclic amines) is 1. The summed E-state index contributed by atoms with van der Waals surface area (Å²) in [5.74, 6) is -11.1. The lowest BCUT2D eigenvalue weighted by atomic mass is 10.0. The quantitative estimate of drug-likeness (QED) is 0.0349. The summed E-state index contributed by atoms with van der Waals surface area (Å²) < 4.78 is 0. The summed E-state index contributed by atoms with van der Waals surface area (Å²) in [6, 6.07) is -2.94. The molecule has 2 aromatic rings. The van der Waals surface area contributed by atoms with Gasteiger partial charge in [-0.3, -0.25) is 47.9 Å². The molecule has 27 heteroatoms. The average Bonchev–Trinajstić information content (AvgIpc) is 4.04. The number of carboxylic acid groups (broad SMARTS) is 2. The minimum atomic E-state index is -1.70. The number of benzene rings is 1. The number of nitrogens with zero attached hydrogens (tertiary/aromatic N) is 2. The SMILES string of the molecule is CC(C)C[C@H](NC(=O)[C@H](CCC(=O)O)NC(=O)CNC(=O)[C@H](CO)NC(=O)[C@H](Cc1cnc[nH]1)NC(=O)[C@@H](N)CCC(N)=O)C(=O)N1CCC[C@H]1C(=O)N[C@@H](Cc1ccccc1)C(=O)N[C@H](C(=O)O)[C@@H](C)O. The molecular formula is C45H66N12O15. The van der Waals surface area contributed by atoms with Crippen LogP contribution in [0.2, 0.25) is 0 Å². The van der Waals surface area contributed by atoms with Crippen LogP contribution in [0.3, 0.4) is 0 Å². The number of carbonyl (C=O) groups is 11. The third kappa shape index (κ3) is 19.3. The fraction of sp³-hybridized carbons (Fsp3) is 0.556. The van der Waals surface area contributed by atoms with E-state index in [0.29, 0.717) is 17.7 Å². The van der Waals surface area contributed by atoms with Crippen molar-refractivity contribution in [1.29, 1.82) is 0 Å². The molecule has 1 aliphatic heterocycles. The number of H-pyrrole nitrogens is 1. The third-order valence-corrected chi connectivity index (χ3v) is 11.3. The van der Waals surface area contributed by atoms with Crippen molar-refractivity contribution in [1.82, 2.24) is 52.1 Å². The van der Waals surface area contributed by atoms with Crippen LogP contribution < -0.4 is 48.7 Å². The van der Waals surface area contributed by atoms with Gasteiger partial charge in [-0.25, -0.2) is 9.78 Å². The van der Waals surface area contributed by atoms with Crippen LogP contribution in [0.15, 0.2) is 42.9 Å². The number of aromatic amines is 1. The number of carbonyl (C=O) groups excluding carboxylic acids is 9. The Morgan fingerprint density at radius 3 is 1.97 bits per heavy atom. The molecule has 1 aliphatic rings. The van der Waals surface area contributed by atoms with E-state index in [-0.39, 0.29) is 51.0 Å². The van der Waals surface area contributed by atoms with Gasteiger partial charge in [0.1, 0.15) is 36.3 Å². The fourth-order valence-electron chi connectivity index (χ4n) is 7.51. The molecule has 0 aliphatic carbocycles. The molecule has 0 bridgehead atoms. The molecule has 1 aromatic heterocycles. The Morgan fingerprint density at radius 1 is 0.764 bits per heavy atom. The van der Waals surface area contributed by atoms with E-state index in [0.717, 1.165) is 0 Å². The van der Waals surface area contributed by atoms with Crippen molar-refractivity contribution in [3.05, 3.63) is 54.1 Å². The van der Waals surface area contributed by atoms with Gasteiger partial charge in [0.05, 0.1) is 31.6 Å². The number of aliphatic hydroxyl groups excluding tert-OH is 2. The molecular weight excluding hydrogens is 949 g/mol. The minimum Gasteiger partial charge on any atom is -0.481 e. The number of nitrogens with two attached hydrogens (primary N) is 2. The number of carboxylic acids is 2. The zero-order valence-corrected chi connectivity index (χ0v) is 40.1. The van der Waals surface area contributed by atoms with E-state index in [2.05, 4.69) is 47.2 Å². The van der Waals surface area contributed by atoms with Gasteiger partial charge in [-0.1, -0.05) is 44.2 Å². The monoisotopic (exact) mass is 1010 g/mol. The molecule has 2 heterocycles. The highest BCUT2D eigenvalue weighted by Crippen LogP contribution is 2.21. The molecule has 9 amide bonds. The Kier molecular flexibility index (Phi) is 23.7. The zero-order chi connectivity index (χ0) is 53.7. The highest BCUT2D eigenvalue weighted by molar-refractivity contribution is 5.98. The molecule has 1 fully saturated rings. The molecule has 0 saturated carbocycles. The molecule has 27 nitrogen and oxygen atoms in total. The number of primary amides is 1. The molecule has 0 spiro atoms. The van der Waals surface area contributed by atoms with E-state index in [4.69, 9.17) is 11.5 Å². The van der Waals surface area contributed by atoms with Crippen molar-refractivity contribution >= 4 is 65.1 Å². The number of hydrogen-bond acceptors (Lipinski definition) is 15. The first kappa shape index (κ1) is 58.8. The number of nitrogens with one attached hydrogen (secondary N) is 8. The topological polar surface area (TPSA) is 437 Å². The van der Waals surface area contributed by atoms with E-state index in [9.17, 15) is 73.2 Å². The summed E-state index contributed by atoms with van der Waals surface area (Å²) in [5, 5.41) is 55.7. The largest absolute Gasteiger partial charge is 0.481 e. The summed E-state index contributed by atoms with van der Waals surface area (Å²) in [6.45, 7) is 2.88. The van der Waals surface area contributed by atoms with Crippen molar-refractivity contribution in [2.45, 2.75) is 133 Å². The fourth-order valence-corrected chi connectivity index (χ4v) is 7.51. The van der Waals surface area contributed by atoms with E-state index < -0.39 is 146 Å². The van der Waals surface area contributed by atoms with Gasteiger partial charge in [0.15, 0.2) is 6.04 Å². The van der Waals surface area contributed by atoms with Gasteiger partial charge in [0.2, 0.25) is 53.2 Å². The number of aliphatic hydroxyl groups is 2. The highest BCUT2D eigenvalue weighted by Gasteiger charge is 2.40. The summed E-state index contributed by atoms with van der Waals surface area (Å²) in [6.07, 6.45) is -0.0399. The molecule has 0 radical (unpaired) electrons. The summed E-state index contributed by atoms with van der Waals surface area (Å²) in [4.78, 5) is 150. The molecule has 3 rings (SSSR count). The van der Waals surface area contributed by atoms with Gasteiger partial charge in [-0.15, -0.1) is 0 Å². The van der Waals surface area contributed by atoms with Crippen LogP contribution >= 0.6 is 0 Å². The van der Waals surface area contributed by atoms with Crippen LogP contribution in [0.5, 0.6) is 0 Å². The maximum absolute atomic E-state index is 14.3. The maximum atomic E-state index is 14.3. The molecule has 9 atom stereocenters. The molecule has 0 unspecified atom stereocenters. The predicted octanol–water partition coefficient (Wildman–Crippen LogP) is -4.83. The van der Waals surface area contributed by atoms with E-state index in [1.807, 2.05) is 0 Å². The standard InChI is InChI=1S/C45H66N12O15/c1-23(2)16-31(44(70)57-15-7-10-33(57)43(69)53-29(17-25-8-5-4-6-9-25)42(68)56-37(24(3)59)45(71)72)54-40(66)28(12-14-36(62)63)51-35(61)20-49-39(65)32(21-58)55-41(67)30(18-26-19-48-22-50-26)52-38(64)27(46)11-13-34(47)60/h4-6,8-9,19,22-24,27-33,37,58-59H,7,10-18,20-21,46H2,1-3H3,(H2,47,60)(H,48,50)(H,49,65)(H,51,61)(H,52,64)(H,53,69)(H,54,66)(H,55,67)(H,56,68)(H,62,63)(H,71,72)/t24-,27+,28+,29+,30+,31+,32+,33+,37+/m1/s1. The first-order valence-electron chi connectivity index (χ1n) is 23.2. The van der Waals surface area contributed by atoms with E-state index in [1.165, 1.54) is 24.3 Å². The first-order chi connectivity index (χ1) is 34.0. The predicted molar refractivity (Wildman–Crippen MR) is 251 cm³/mol. The van der Waals surface area contributed by atoms with Gasteiger partial charge in [-0.05, 0) is 50.5 Å². The van der Waals surface area contributed by atoms with Crippen molar-refractivity contribution in [3.63, 3.8) is 0 Å². The van der Waals surface area contributed by atoms with Crippen LogP contribution in [-0.4, -0.2) is 175 Å². The van der Waals surface area contributed by atoms with Gasteiger partial charge < -0.3 is 79.0 Å². The van der Waals surface area contributed by atoms with Gasteiger partial charge in [0.25, 0.3) is 0 Å². The van der Waals surface area contributed by atoms with Crippen LogP contribution in [0.1, 0.15) is 77.0 Å². The number of aliphatic carboxylic acids is 2. The van der Waals surface area contributed by atoms with Gasteiger partial charge in [-0.2, -0.15) is 0 Å². The number of hydrogen-bond donors (Lipinski definition) is 14. The molecule has 72 heavy (non-hydrogen) atoms. The lowest BCUT2D eigenvalue weighted by molar-refractivity contribution is -0.145. The highest BCUT2D eigenvalue weighted by atomic mass is 16.4. The van der Waals surface area contributed by atoms with Crippen molar-refractivity contribution in [2.75, 3.05) is 19.7 Å².